The van der Waals surface area contributed by atoms with Crippen LogP contribution in [0.4, 0.5) is 8.78 Å². The fourth-order valence-corrected chi connectivity index (χ4v) is 6.38. The number of rotatable bonds is 10. The highest BCUT2D eigenvalue weighted by Crippen LogP contribution is 2.50. The van der Waals surface area contributed by atoms with Crippen molar-refractivity contribution < 1.29 is 27.5 Å². The molecular weight excluding hydrogens is 630 g/mol. The summed E-state index contributed by atoms with van der Waals surface area (Å²) in [6.07, 6.45) is 8.42. The summed E-state index contributed by atoms with van der Waals surface area (Å²) in [6, 6.07) is 9.37. The van der Waals surface area contributed by atoms with E-state index in [0.29, 0.717) is 58.8 Å². The summed E-state index contributed by atoms with van der Waals surface area (Å²) >= 11 is 6.15. The zero-order chi connectivity index (χ0) is 32.7. The number of nitriles is 1. The number of hydrogen-bond donors (Lipinski definition) is 0. The Labute approximate surface area is 273 Å². The van der Waals surface area contributed by atoms with Crippen LogP contribution < -0.4 is 4.74 Å². The summed E-state index contributed by atoms with van der Waals surface area (Å²) in [5.74, 6) is 0.0542. The third kappa shape index (κ3) is 6.15. The molecule has 0 aliphatic heterocycles. The van der Waals surface area contributed by atoms with Crippen LogP contribution in [0.2, 0.25) is 5.02 Å². The van der Waals surface area contributed by atoms with Gasteiger partial charge in [-0.1, -0.05) is 23.7 Å². The van der Waals surface area contributed by atoms with Crippen molar-refractivity contribution in [3.8, 4) is 11.9 Å². The lowest BCUT2D eigenvalue weighted by Crippen LogP contribution is -2.18. The molecule has 0 N–H and O–H groups in total. The molecule has 1 saturated carbocycles. The van der Waals surface area contributed by atoms with Gasteiger partial charge in [-0.05, 0) is 61.8 Å². The fraction of sp³-hybridized carbons (Fsp3) is 0.353. The number of furan rings is 1. The van der Waals surface area contributed by atoms with E-state index < -0.39 is 17.8 Å². The number of aromatic nitrogens is 5. The van der Waals surface area contributed by atoms with Gasteiger partial charge < -0.3 is 18.5 Å². The number of benzene rings is 1. The number of allylic oxidation sites excluding steroid dienone is 2. The monoisotopic (exact) mass is 658 g/mol. The van der Waals surface area contributed by atoms with Gasteiger partial charge in [0, 0.05) is 41.8 Å². The van der Waals surface area contributed by atoms with Crippen LogP contribution in [0.25, 0.3) is 27.7 Å². The van der Waals surface area contributed by atoms with E-state index in [1.165, 1.54) is 13.2 Å². The lowest BCUT2D eigenvalue weighted by atomic mass is 9.87. The number of ether oxygens (including phenoxy) is 2. The average Bonchev–Trinajstić information content (AvgIpc) is 3.59. The number of fused-ring (bicyclic) bond motifs is 2. The Morgan fingerprint density at radius 3 is 2.81 bits per heavy atom. The molecule has 5 aromatic rings. The minimum absolute atomic E-state index is 0.104. The topological polar surface area (TPSA) is 129 Å². The number of hydrogen-bond acceptors (Lipinski definition) is 9. The van der Waals surface area contributed by atoms with Crippen LogP contribution in [0.1, 0.15) is 66.2 Å². The molecule has 0 bridgehead atoms. The molecule has 1 aromatic carbocycles. The summed E-state index contributed by atoms with van der Waals surface area (Å²) < 4.78 is 46.2. The highest BCUT2D eigenvalue weighted by molar-refractivity contribution is 6.35. The van der Waals surface area contributed by atoms with Gasteiger partial charge in [-0.2, -0.15) is 19.0 Å². The first-order chi connectivity index (χ1) is 22.8. The van der Waals surface area contributed by atoms with E-state index in [1.54, 1.807) is 24.3 Å². The van der Waals surface area contributed by atoms with E-state index in [1.807, 2.05) is 0 Å². The molecule has 10 nitrogen and oxygen atoms in total. The molecule has 13 heteroatoms. The second kappa shape index (κ2) is 12.4. The summed E-state index contributed by atoms with van der Waals surface area (Å²) in [6.45, 7) is 0.502. The van der Waals surface area contributed by atoms with E-state index in [4.69, 9.17) is 30.5 Å². The van der Waals surface area contributed by atoms with Gasteiger partial charge in [0.15, 0.2) is 17.2 Å². The standard InChI is InChI=1S/C34H29ClF2N6O4/c1-45-33(44)26-9-8-25-31(41-26)43(18-34(10-11-34)12-13-38)28(40-25)14-19-2-4-20(5-3-19)30-39-16-24(36)32(42-30)46-17-21-6-7-23(35)22-15-27(37)47-29(21)22/h4,6-9,15-16,19H,2-3,5,10-12,14,17-18H2,1H3. The third-order valence-corrected chi connectivity index (χ3v) is 9.34. The van der Waals surface area contributed by atoms with E-state index >= 15 is 0 Å². The number of pyridine rings is 1. The van der Waals surface area contributed by atoms with Gasteiger partial charge in [-0.25, -0.2) is 19.7 Å². The number of halogens is 3. The molecule has 0 radical (unpaired) electrons. The molecule has 1 unspecified atom stereocenters. The largest absolute Gasteiger partial charge is 0.470 e. The van der Waals surface area contributed by atoms with Gasteiger partial charge in [0.05, 0.1) is 24.4 Å². The molecule has 4 aromatic heterocycles. The van der Waals surface area contributed by atoms with Crippen molar-refractivity contribution >= 4 is 45.3 Å². The Balaban J connectivity index is 1.08. The summed E-state index contributed by atoms with van der Waals surface area (Å²) in [7, 11) is 1.32. The molecule has 240 valence electrons. The van der Waals surface area contributed by atoms with Gasteiger partial charge in [-0.3, -0.25) is 0 Å². The molecule has 2 aliphatic rings. The predicted molar refractivity (Wildman–Crippen MR) is 167 cm³/mol. The van der Waals surface area contributed by atoms with Gasteiger partial charge in [0.1, 0.15) is 23.5 Å². The van der Waals surface area contributed by atoms with Crippen molar-refractivity contribution in [2.24, 2.45) is 11.3 Å². The smallest absolute Gasteiger partial charge is 0.356 e. The maximum atomic E-state index is 14.7. The van der Waals surface area contributed by atoms with Crippen molar-refractivity contribution in [2.75, 3.05) is 7.11 Å². The van der Waals surface area contributed by atoms with Crippen molar-refractivity contribution in [3.63, 3.8) is 0 Å². The number of esters is 1. The van der Waals surface area contributed by atoms with Crippen LogP contribution in [-0.2, 0) is 24.3 Å². The predicted octanol–water partition coefficient (Wildman–Crippen LogP) is 7.38. The second-order valence-corrected chi connectivity index (χ2v) is 12.6. The van der Waals surface area contributed by atoms with Crippen LogP contribution >= 0.6 is 11.6 Å². The first-order valence-electron chi connectivity index (χ1n) is 15.3. The molecule has 1 fully saturated rings. The van der Waals surface area contributed by atoms with Crippen LogP contribution in [0.15, 0.2) is 47.0 Å². The number of carbonyl (C=O) groups is 1. The quantitative estimate of drug-likeness (QED) is 0.141. The summed E-state index contributed by atoms with van der Waals surface area (Å²) in [5, 5.41) is 10.2. The van der Waals surface area contributed by atoms with Crippen LogP contribution in [-0.4, -0.2) is 37.6 Å². The highest BCUT2D eigenvalue weighted by Gasteiger charge is 2.43. The average molecular weight is 659 g/mol. The SMILES string of the molecule is COC(=O)c1ccc2nc(CC3CC=C(c4ncc(F)c(OCc5ccc(Cl)c6cc(F)oc56)n4)CC3)n(CC3(CC#N)CC3)c2n1. The Bertz CT molecular complexity index is 2100. The first kappa shape index (κ1) is 30.7. The molecule has 7 rings (SSSR count). The number of carbonyl (C=O) groups excluding carboxylic acids is 1. The molecule has 1 atom stereocenters. The van der Waals surface area contributed by atoms with E-state index in [2.05, 4.69) is 31.7 Å². The maximum Gasteiger partial charge on any atom is 0.356 e. The van der Waals surface area contributed by atoms with Crippen LogP contribution in [0.3, 0.4) is 0 Å². The second-order valence-electron chi connectivity index (χ2n) is 12.2. The van der Waals surface area contributed by atoms with Gasteiger partial charge >= 0.3 is 5.97 Å². The molecule has 0 saturated heterocycles. The van der Waals surface area contributed by atoms with Crippen molar-refractivity contribution in [1.82, 2.24) is 24.5 Å². The Morgan fingerprint density at radius 1 is 1.21 bits per heavy atom. The molecule has 2 aliphatic carbocycles. The normalized spacial score (nSPS) is 17.0. The molecule has 0 spiro atoms. The van der Waals surface area contributed by atoms with Crippen LogP contribution in [0, 0.1) is 34.5 Å². The Kier molecular flexibility index (Phi) is 8.09. The Hall–Kier alpha value is -4.89. The Morgan fingerprint density at radius 2 is 2.06 bits per heavy atom. The van der Waals surface area contributed by atoms with Gasteiger partial charge in [-0.15, -0.1) is 0 Å². The third-order valence-electron chi connectivity index (χ3n) is 9.01. The van der Waals surface area contributed by atoms with Crippen molar-refractivity contribution in [1.29, 1.82) is 5.26 Å². The molecule has 4 heterocycles. The van der Waals surface area contributed by atoms with E-state index in [9.17, 15) is 18.8 Å². The minimum atomic E-state index is -0.778. The highest BCUT2D eigenvalue weighted by atomic mass is 35.5. The fourth-order valence-electron chi connectivity index (χ4n) is 6.18. The number of imidazole rings is 1. The zero-order valence-electron chi connectivity index (χ0n) is 25.4. The molecule has 0 amide bonds. The number of methoxy groups -OCH3 is 1. The lowest BCUT2D eigenvalue weighted by Gasteiger charge is -2.22. The van der Waals surface area contributed by atoms with Crippen molar-refractivity contribution in [2.45, 2.75) is 58.1 Å². The van der Waals surface area contributed by atoms with Gasteiger partial charge in [0.2, 0.25) is 5.82 Å². The lowest BCUT2D eigenvalue weighted by molar-refractivity contribution is 0.0594. The molecule has 47 heavy (non-hydrogen) atoms. The van der Waals surface area contributed by atoms with Crippen LogP contribution in [0.5, 0.6) is 5.88 Å². The van der Waals surface area contributed by atoms with E-state index in [-0.39, 0.29) is 35.1 Å². The first-order valence-corrected chi connectivity index (χ1v) is 15.7. The van der Waals surface area contributed by atoms with Crippen molar-refractivity contribution in [3.05, 3.63) is 82.4 Å². The maximum absolute atomic E-state index is 14.7. The molecular formula is C34H29ClF2N6O4. The number of nitrogens with zero attached hydrogens (tertiary/aromatic N) is 6. The summed E-state index contributed by atoms with van der Waals surface area (Å²) in [5.41, 5.74) is 3.03. The minimum Gasteiger partial charge on any atom is -0.470 e. The zero-order valence-corrected chi connectivity index (χ0v) is 26.2. The van der Waals surface area contributed by atoms with Gasteiger partial charge in [0.25, 0.3) is 11.9 Å². The summed E-state index contributed by atoms with van der Waals surface area (Å²) in [4.78, 5) is 30.3. The van der Waals surface area contributed by atoms with E-state index in [0.717, 1.165) is 43.3 Å².